The third-order valence-corrected chi connectivity index (χ3v) is 4.29. The van der Waals surface area contributed by atoms with Crippen molar-refractivity contribution in [2.45, 2.75) is 25.0 Å². The molecule has 0 radical (unpaired) electrons. The zero-order chi connectivity index (χ0) is 14.0. The Hall–Kier alpha value is -1.60. The molecule has 1 fully saturated rings. The number of benzene rings is 1. The van der Waals surface area contributed by atoms with Gasteiger partial charge in [-0.05, 0) is 26.0 Å². The Balaban J connectivity index is 2.12. The Morgan fingerprint density at radius 3 is 2.47 bits per heavy atom. The number of rotatable bonds is 4. The van der Waals surface area contributed by atoms with Crippen LogP contribution in [0.1, 0.15) is 12.5 Å². The molecule has 1 aliphatic rings. The van der Waals surface area contributed by atoms with Crippen molar-refractivity contribution in [1.82, 2.24) is 10.2 Å². The molecule has 2 amide bonds. The summed E-state index contributed by atoms with van der Waals surface area (Å²) in [5.74, 6) is 0. The molecule has 7 heteroatoms. The number of urea groups is 1. The summed E-state index contributed by atoms with van der Waals surface area (Å²) in [6.07, 6.45) is -0.825. The van der Waals surface area contributed by atoms with E-state index in [1.807, 2.05) is 6.92 Å². The van der Waals surface area contributed by atoms with Crippen LogP contribution in [0.2, 0.25) is 0 Å². The Bertz CT molecular complexity index is 568. The van der Waals surface area contributed by atoms with Gasteiger partial charge in [0.1, 0.15) is 6.23 Å². The smallest absolute Gasteiger partial charge is 0.319 e. The lowest BCUT2D eigenvalue weighted by Crippen LogP contribution is -2.39. The number of carbonyl (C=O) groups is 1. The van der Waals surface area contributed by atoms with Crippen LogP contribution in [0.5, 0.6) is 0 Å². The van der Waals surface area contributed by atoms with E-state index >= 15 is 0 Å². The van der Waals surface area contributed by atoms with Gasteiger partial charge >= 0.3 is 6.03 Å². The summed E-state index contributed by atoms with van der Waals surface area (Å²) in [6.45, 7) is 4.34. The van der Waals surface area contributed by atoms with Crippen LogP contribution in [0, 0.1) is 6.92 Å². The Morgan fingerprint density at radius 2 is 1.95 bits per heavy atom. The molecule has 19 heavy (non-hydrogen) atoms. The van der Waals surface area contributed by atoms with Gasteiger partial charge in [0.15, 0.2) is 0 Å². The second kappa shape index (κ2) is 5.18. The van der Waals surface area contributed by atoms with Gasteiger partial charge in [0.2, 0.25) is 0 Å². The first kappa shape index (κ1) is 13.8. The average molecular weight is 284 g/mol. The summed E-state index contributed by atoms with van der Waals surface area (Å²) in [6, 6.07) is 6.06. The first-order valence-electron chi connectivity index (χ1n) is 5.94. The largest absolute Gasteiger partial charge is 0.336 e. The number of hydrogen-bond donors (Lipinski definition) is 1. The predicted molar refractivity (Wildman–Crippen MR) is 69.0 cm³/mol. The topological polar surface area (TPSA) is 75.7 Å². The predicted octanol–water partition coefficient (Wildman–Crippen LogP) is 1.07. The van der Waals surface area contributed by atoms with E-state index in [1.165, 1.54) is 24.0 Å². The van der Waals surface area contributed by atoms with E-state index in [-0.39, 0.29) is 10.9 Å². The molecule has 1 saturated heterocycles. The highest BCUT2D eigenvalue weighted by atomic mass is 32.2. The standard InChI is InChI=1S/C12H16N2O4S/c1-9-3-5-11(6-4-9)19(16,17)18-10(2)14-8-7-13-12(14)15/h3-6,10H,7-8H2,1-2H3,(H,13,15). The molecule has 0 aliphatic carbocycles. The second-order valence-corrected chi connectivity index (χ2v) is 5.96. The number of hydrogen-bond acceptors (Lipinski definition) is 4. The van der Waals surface area contributed by atoms with Crippen molar-refractivity contribution in [3.63, 3.8) is 0 Å². The fraction of sp³-hybridized carbons (Fsp3) is 0.417. The summed E-state index contributed by atoms with van der Waals surface area (Å²) in [7, 11) is -3.86. The van der Waals surface area contributed by atoms with Crippen molar-refractivity contribution >= 4 is 16.1 Å². The van der Waals surface area contributed by atoms with Crippen molar-refractivity contribution in [2.24, 2.45) is 0 Å². The maximum absolute atomic E-state index is 12.0. The SMILES string of the molecule is Cc1ccc(S(=O)(=O)OC(C)N2CCNC2=O)cc1. The highest BCUT2D eigenvalue weighted by Crippen LogP contribution is 2.17. The lowest BCUT2D eigenvalue weighted by molar-refractivity contribution is 0.0871. The monoisotopic (exact) mass is 284 g/mol. The van der Waals surface area contributed by atoms with Gasteiger partial charge in [-0.25, -0.2) is 8.98 Å². The van der Waals surface area contributed by atoms with Gasteiger partial charge in [0.05, 0.1) is 4.90 Å². The quantitative estimate of drug-likeness (QED) is 0.839. The Labute approximate surface area is 112 Å². The molecular weight excluding hydrogens is 268 g/mol. The third-order valence-electron chi connectivity index (χ3n) is 2.90. The van der Waals surface area contributed by atoms with Crippen molar-refractivity contribution in [3.8, 4) is 0 Å². The van der Waals surface area contributed by atoms with Crippen LogP contribution in [0.25, 0.3) is 0 Å². The van der Waals surface area contributed by atoms with Crippen LogP contribution >= 0.6 is 0 Å². The Kier molecular flexibility index (Phi) is 3.77. The minimum absolute atomic E-state index is 0.0876. The van der Waals surface area contributed by atoms with Gasteiger partial charge in [-0.15, -0.1) is 0 Å². The minimum atomic E-state index is -3.86. The average Bonchev–Trinajstić information content (AvgIpc) is 2.75. The molecule has 104 valence electrons. The highest BCUT2D eigenvalue weighted by molar-refractivity contribution is 7.86. The van der Waals surface area contributed by atoms with E-state index in [0.717, 1.165) is 5.56 Å². The van der Waals surface area contributed by atoms with E-state index in [2.05, 4.69) is 5.32 Å². The van der Waals surface area contributed by atoms with Crippen LogP contribution in [-0.4, -0.2) is 38.7 Å². The van der Waals surface area contributed by atoms with Crippen molar-refractivity contribution < 1.29 is 17.4 Å². The number of amides is 2. The van der Waals surface area contributed by atoms with Crippen molar-refractivity contribution in [2.75, 3.05) is 13.1 Å². The zero-order valence-corrected chi connectivity index (χ0v) is 11.6. The second-order valence-electron chi connectivity index (χ2n) is 4.39. The third kappa shape index (κ3) is 3.05. The van der Waals surface area contributed by atoms with Gasteiger partial charge in [0.25, 0.3) is 10.1 Å². The highest BCUT2D eigenvalue weighted by Gasteiger charge is 2.29. The fourth-order valence-corrected chi connectivity index (χ4v) is 2.88. The number of nitrogens with zero attached hydrogens (tertiary/aromatic N) is 1. The number of nitrogens with one attached hydrogen (secondary N) is 1. The summed E-state index contributed by atoms with van der Waals surface area (Å²) < 4.78 is 29.1. The molecule has 0 aromatic heterocycles. The molecule has 1 N–H and O–H groups in total. The molecule has 1 aromatic carbocycles. The van der Waals surface area contributed by atoms with Crippen LogP contribution in [0.4, 0.5) is 4.79 Å². The normalized spacial score (nSPS) is 17.4. The lowest BCUT2D eigenvalue weighted by Gasteiger charge is -2.22. The van der Waals surface area contributed by atoms with E-state index in [9.17, 15) is 13.2 Å². The molecule has 1 aromatic rings. The van der Waals surface area contributed by atoms with Gasteiger partial charge in [0, 0.05) is 13.1 Å². The zero-order valence-electron chi connectivity index (χ0n) is 10.8. The van der Waals surface area contributed by atoms with Crippen molar-refractivity contribution in [1.29, 1.82) is 0 Å². The maximum atomic E-state index is 12.0. The molecule has 0 bridgehead atoms. The van der Waals surface area contributed by atoms with E-state index < -0.39 is 16.3 Å². The first-order chi connectivity index (χ1) is 8.90. The summed E-state index contributed by atoms with van der Waals surface area (Å²) >= 11 is 0. The van der Waals surface area contributed by atoms with Gasteiger partial charge < -0.3 is 5.32 Å². The van der Waals surface area contributed by atoms with Gasteiger partial charge in [-0.3, -0.25) is 4.90 Å². The summed E-state index contributed by atoms with van der Waals surface area (Å²) in [4.78, 5) is 12.8. The lowest BCUT2D eigenvalue weighted by atomic mass is 10.2. The van der Waals surface area contributed by atoms with Crippen LogP contribution in [0.15, 0.2) is 29.2 Å². The fourth-order valence-electron chi connectivity index (χ4n) is 1.83. The van der Waals surface area contributed by atoms with Crippen LogP contribution < -0.4 is 5.32 Å². The van der Waals surface area contributed by atoms with Gasteiger partial charge in [-0.2, -0.15) is 8.42 Å². The van der Waals surface area contributed by atoms with Crippen LogP contribution in [0.3, 0.4) is 0 Å². The summed E-state index contributed by atoms with van der Waals surface area (Å²) in [5.41, 5.74) is 0.964. The molecule has 1 unspecified atom stereocenters. The van der Waals surface area contributed by atoms with Gasteiger partial charge in [-0.1, -0.05) is 17.7 Å². The van der Waals surface area contributed by atoms with E-state index in [4.69, 9.17) is 4.18 Å². The molecule has 1 aliphatic heterocycles. The summed E-state index contributed by atoms with van der Waals surface area (Å²) in [5, 5.41) is 2.60. The number of aryl methyl sites for hydroxylation is 1. The number of carbonyl (C=O) groups excluding carboxylic acids is 1. The Morgan fingerprint density at radius 1 is 1.32 bits per heavy atom. The van der Waals surface area contributed by atoms with Crippen LogP contribution in [-0.2, 0) is 14.3 Å². The molecular formula is C12H16N2O4S. The van der Waals surface area contributed by atoms with E-state index in [0.29, 0.717) is 13.1 Å². The first-order valence-corrected chi connectivity index (χ1v) is 7.35. The molecule has 0 saturated carbocycles. The molecule has 2 rings (SSSR count). The molecule has 6 nitrogen and oxygen atoms in total. The van der Waals surface area contributed by atoms with Crippen molar-refractivity contribution in [3.05, 3.63) is 29.8 Å². The molecule has 0 spiro atoms. The molecule has 1 heterocycles. The maximum Gasteiger partial charge on any atom is 0.319 e. The molecule has 1 atom stereocenters. The van der Waals surface area contributed by atoms with E-state index in [1.54, 1.807) is 12.1 Å². The minimum Gasteiger partial charge on any atom is -0.336 e.